The molecule has 1 atom stereocenters. The van der Waals surface area contributed by atoms with Crippen LogP contribution >= 0.6 is 11.3 Å². The third kappa shape index (κ3) is 4.44. The largest absolute Gasteiger partial charge is 0.493 e. The SMILES string of the molecule is CCNC(Cc1ccc(OC)c(OC)c1)Cc1cncs1. The molecular formula is C16H22N2O2S. The normalized spacial score (nSPS) is 12.1. The van der Waals surface area contributed by atoms with Crippen LogP contribution in [0.15, 0.2) is 29.9 Å². The second-order valence-electron chi connectivity index (χ2n) is 4.82. The van der Waals surface area contributed by atoms with Gasteiger partial charge >= 0.3 is 0 Å². The molecule has 0 saturated carbocycles. The number of methoxy groups -OCH3 is 2. The number of rotatable bonds is 8. The zero-order valence-corrected chi connectivity index (χ0v) is 13.6. The van der Waals surface area contributed by atoms with Crippen molar-refractivity contribution in [2.75, 3.05) is 20.8 Å². The maximum atomic E-state index is 5.37. The van der Waals surface area contributed by atoms with Gasteiger partial charge < -0.3 is 14.8 Å². The molecule has 1 aromatic heterocycles. The summed E-state index contributed by atoms with van der Waals surface area (Å²) in [5.41, 5.74) is 3.12. The van der Waals surface area contributed by atoms with E-state index in [2.05, 4.69) is 29.4 Å². The fourth-order valence-corrected chi connectivity index (χ4v) is 3.06. The maximum absolute atomic E-state index is 5.37. The summed E-state index contributed by atoms with van der Waals surface area (Å²) in [7, 11) is 3.32. The van der Waals surface area contributed by atoms with Crippen LogP contribution in [0.3, 0.4) is 0 Å². The highest BCUT2D eigenvalue weighted by molar-refractivity contribution is 7.09. The molecule has 0 aliphatic heterocycles. The van der Waals surface area contributed by atoms with Crippen LogP contribution in [0.2, 0.25) is 0 Å². The average Bonchev–Trinajstić information content (AvgIpc) is 3.00. The predicted molar refractivity (Wildman–Crippen MR) is 86.5 cm³/mol. The van der Waals surface area contributed by atoms with E-state index in [1.165, 1.54) is 10.4 Å². The lowest BCUT2D eigenvalue weighted by Gasteiger charge is -2.18. The average molecular weight is 306 g/mol. The smallest absolute Gasteiger partial charge is 0.160 e. The summed E-state index contributed by atoms with van der Waals surface area (Å²) < 4.78 is 10.7. The number of nitrogens with zero attached hydrogens (tertiary/aromatic N) is 1. The lowest BCUT2D eigenvalue weighted by Crippen LogP contribution is -2.32. The minimum absolute atomic E-state index is 0.397. The Kier molecular flexibility index (Phi) is 6.02. The summed E-state index contributed by atoms with van der Waals surface area (Å²) in [4.78, 5) is 5.45. The number of nitrogens with one attached hydrogen (secondary N) is 1. The first-order valence-electron chi connectivity index (χ1n) is 7.08. The molecule has 2 rings (SSSR count). The summed E-state index contributed by atoms with van der Waals surface area (Å²) in [6.07, 6.45) is 3.89. The molecule has 2 aromatic rings. The first-order chi connectivity index (χ1) is 10.3. The maximum Gasteiger partial charge on any atom is 0.160 e. The van der Waals surface area contributed by atoms with E-state index in [9.17, 15) is 0 Å². The summed E-state index contributed by atoms with van der Waals surface area (Å²) in [6.45, 7) is 3.09. The van der Waals surface area contributed by atoms with E-state index in [-0.39, 0.29) is 0 Å². The quantitative estimate of drug-likeness (QED) is 0.814. The first kappa shape index (κ1) is 15.8. The molecule has 5 heteroatoms. The van der Waals surface area contributed by atoms with Gasteiger partial charge in [-0.05, 0) is 37.1 Å². The van der Waals surface area contributed by atoms with Crippen LogP contribution in [-0.2, 0) is 12.8 Å². The van der Waals surface area contributed by atoms with Gasteiger partial charge in [0.05, 0.1) is 19.7 Å². The van der Waals surface area contributed by atoms with Crippen LogP contribution in [0.25, 0.3) is 0 Å². The molecule has 0 radical (unpaired) electrons. The van der Waals surface area contributed by atoms with Crippen LogP contribution in [0.1, 0.15) is 17.4 Å². The van der Waals surface area contributed by atoms with E-state index >= 15 is 0 Å². The fourth-order valence-electron chi connectivity index (χ4n) is 2.38. The molecular weight excluding hydrogens is 284 g/mol. The van der Waals surface area contributed by atoms with Gasteiger partial charge in [-0.15, -0.1) is 11.3 Å². The van der Waals surface area contributed by atoms with Crippen molar-refractivity contribution in [2.24, 2.45) is 0 Å². The van der Waals surface area contributed by atoms with Gasteiger partial charge in [-0.25, -0.2) is 0 Å². The third-order valence-corrected chi connectivity index (χ3v) is 4.16. The molecule has 21 heavy (non-hydrogen) atoms. The number of ether oxygens (including phenoxy) is 2. The molecule has 1 N–H and O–H groups in total. The van der Waals surface area contributed by atoms with Gasteiger partial charge in [0.15, 0.2) is 11.5 Å². The van der Waals surface area contributed by atoms with Gasteiger partial charge in [0.25, 0.3) is 0 Å². The number of hydrogen-bond acceptors (Lipinski definition) is 5. The summed E-state index contributed by atoms with van der Waals surface area (Å²) in [5, 5.41) is 3.54. The van der Waals surface area contributed by atoms with Crippen molar-refractivity contribution in [2.45, 2.75) is 25.8 Å². The van der Waals surface area contributed by atoms with E-state index in [0.717, 1.165) is 30.9 Å². The zero-order chi connectivity index (χ0) is 15.1. The Morgan fingerprint density at radius 2 is 2.00 bits per heavy atom. The molecule has 4 nitrogen and oxygen atoms in total. The molecule has 0 aliphatic rings. The third-order valence-electron chi connectivity index (χ3n) is 3.35. The number of hydrogen-bond donors (Lipinski definition) is 1. The van der Waals surface area contributed by atoms with Crippen LogP contribution < -0.4 is 14.8 Å². The van der Waals surface area contributed by atoms with Crippen molar-refractivity contribution in [3.8, 4) is 11.5 Å². The summed E-state index contributed by atoms with van der Waals surface area (Å²) in [5.74, 6) is 1.55. The molecule has 0 amide bonds. The molecule has 0 fully saturated rings. The Morgan fingerprint density at radius 3 is 2.62 bits per heavy atom. The Hall–Kier alpha value is -1.59. The molecule has 0 aliphatic carbocycles. The number of benzene rings is 1. The van der Waals surface area contributed by atoms with Crippen molar-refractivity contribution in [1.29, 1.82) is 0 Å². The highest BCUT2D eigenvalue weighted by atomic mass is 32.1. The van der Waals surface area contributed by atoms with Crippen LogP contribution in [0.4, 0.5) is 0 Å². The van der Waals surface area contributed by atoms with Crippen molar-refractivity contribution in [3.63, 3.8) is 0 Å². The van der Waals surface area contributed by atoms with Gasteiger partial charge in [-0.3, -0.25) is 4.98 Å². The van der Waals surface area contributed by atoms with Crippen molar-refractivity contribution >= 4 is 11.3 Å². The van der Waals surface area contributed by atoms with E-state index < -0.39 is 0 Å². The monoisotopic (exact) mass is 306 g/mol. The number of aromatic nitrogens is 1. The Morgan fingerprint density at radius 1 is 1.19 bits per heavy atom. The van der Waals surface area contributed by atoms with Crippen LogP contribution in [-0.4, -0.2) is 31.8 Å². The minimum Gasteiger partial charge on any atom is -0.493 e. The highest BCUT2D eigenvalue weighted by Crippen LogP contribution is 2.28. The molecule has 0 spiro atoms. The second-order valence-corrected chi connectivity index (χ2v) is 5.79. The van der Waals surface area contributed by atoms with Crippen molar-refractivity contribution in [1.82, 2.24) is 10.3 Å². The Labute approximate surface area is 130 Å². The molecule has 1 aromatic carbocycles. The van der Waals surface area contributed by atoms with E-state index in [1.807, 2.05) is 17.8 Å². The molecule has 114 valence electrons. The fraction of sp³-hybridized carbons (Fsp3) is 0.438. The van der Waals surface area contributed by atoms with E-state index in [0.29, 0.717) is 6.04 Å². The van der Waals surface area contributed by atoms with Gasteiger partial charge in [0, 0.05) is 17.1 Å². The van der Waals surface area contributed by atoms with Gasteiger partial charge in [0.1, 0.15) is 0 Å². The molecule has 1 unspecified atom stereocenters. The zero-order valence-electron chi connectivity index (χ0n) is 12.8. The van der Waals surface area contributed by atoms with Gasteiger partial charge in [-0.1, -0.05) is 13.0 Å². The van der Waals surface area contributed by atoms with E-state index in [4.69, 9.17) is 9.47 Å². The Bertz CT molecular complexity index is 543. The van der Waals surface area contributed by atoms with Crippen molar-refractivity contribution < 1.29 is 9.47 Å². The lowest BCUT2D eigenvalue weighted by atomic mass is 10.0. The Balaban J connectivity index is 2.09. The predicted octanol–water partition coefficient (Wildman–Crippen LogP) is 2.92. The molecule has 1 heterocycles. The first-order valence-corrected chi connectivity index (χ1v) is 7.96. The summed E-state index contributed by atoms with van der Waals surface area (Å²) in [6, 6.07) is 6.51. The molecule has 0 bridgehead atoms. The van der Waals surface area contributed by atoms with Crippen molar-refractivity contribution in [3.05, 3.63) is 40.3 Å². The lowest BCUT2D eigenvalue weighted by molar-refractivity contribution is 0.354. The van der Waals surface area contributed by atoms with Gasteiger partial charge in [-0.2, -0.15) is 0 Å². The van der Waals surface area contributed by atoms with Gasteiger partial charge in [0.2, 0.25) is 0 Å². The van der Waals surface area contributed by atoms with E-state index in [1.54, 1.807) is 25.6 Å². The second kappa shape index (κ2) is 8.00. The van der Waals surface area contributed by atoms with Crippen LogP contribution in [0, 0.1) is 0 Å². The number of thiazole rings is 1. The van der Waals surface area contributed by atoms with Crippen LogP contribution in [0.5, 0.6) is 11.5 Å². The topological polar surface area (TPSA) is 43.4 Å². The summed E-state index contributed by atoms with van der Waals surface area (Å²) >= 11 is 1.71. The number of likely N-dealkylation sites (N-methyl/N-ethyl adjacent to an activating group) is 1. The molecule has 0 saturated heterocycles. The standard InChI is InChI=1S/C16H22N2O2S/c1-4-18-13(9-14-10-17-11-21-14)7-12-5-6-15(19-2)16(8-12)20-3/h5-6,8,10-11,13,18H,4,7,9H2,1-3H3. The highest BCUT2D eigenvalue weighted by Gasteiger charge is 2.12. The minimum atomic E-state index is 0.397.